The van der Waals surface area contributed by atoms with Gasteiger partial charge in [0.25, 0.3) is 0 Å². The molecule has 0 spiro atoms. The van der Waals surface area contributed by atoms with E-state index in [1.807, 2.05) is 0 Å². The number of carbonyl (C=O) groups is 5. The summed E-state index contributed by atoms with van der Waals surface area (Å²) in [5.74, 6) is -1.01. The van der Waals surface area contributed by atoms with Gasteiger partial charge in [-0.3, -0.25) is 19.2 Å². The SMILES string of the molecule is NC(CCCCNC(=O)CCCCCSCCNC(=O)CCC(CN[C@H](C=O)CS)C(=O)O)C(=O)O. The van der Waals surface area contributed by atoms with E-state index in [2.05, 4.69) is 28.6 Å². The lowest BCUT2D eigenvalue weighted by atomic mass is 10.0. The van der Waals surface area contributed by atoms with Gasteiger partial charge in [-0.25, -0.2) is 0 Å². The Bertz CT molecular complexity index is 670. The average Bonchev–Trinajstić information content (AvgIpc) is 2.84. The number of rotatable bonds is 24. The number of thioether (sulfide) groups is 1. The lowest BCUT2D eigenvalue weighted by Gasteiger charge is -2.15. The highest BCUT2D eigenvalue weighted by Gasteiger charge is 2.20. The summed E-state index contributed by atoms with van der Waals surface area (Å²) in [7, 11) is 0. The van der Waals surface area contributed by atoms with E-state index in [0.717, 1.165) is 30.8 Å². The summed E-state index contributed by atoms with van der Waals surface area (Å²) in [5, 5.41) is 26.4. The first-order valence-electron chi connectivity index (χ1n) is 12.3. The Morgan fingerprint density at radius 2 is 1.56 bits per heavy atom. The van der Waals surface area contributed by atoms with Crippen LogP contribution in [-0.2, 0) is 24.0 Å². The molecule has 2 amide bonds. The second-order valence-electron chi connectivity index (χ2n) is 8.47. The number of carboxylic acids is 2. The molecule has 36 heavy (non-hydrogen) atoms. The Balaban J connectivity index is 3.65. The average molecular weight is 551 g/mol. The number of nitrogens with one attached hydrogen (secondary N) is 3. The molecule has 7 N–H and O–H groups in total. The van der Waals surface area contributed by atoms with Gasteiger partial charge in [-0.2, -0.15) is 24.4 Å². The predicted octanol–water partition coefficient (Wildman–Crippen LogP) is 0.663. The number of thiol groups is 1. The minimum absolute atomic E-state index is 0.000852. The monoisotopic (exact) mass is 550 g/mol. The zero-order chi connectivity index (χ0) is 27.2. The first-order valence-corrected chi connectivity index (χ1v) is 14.1. The number of carboxylic acid groups (broad SMARTS) is 2. The highest BCUT2D eigenvalue weighted by Crippen LogP contribution is 2.09. The molecule has 2 unspecified atom stereocenters. The summed E-state index contributed by atoms with van der Waals surface area (Å²) in [5.41, 5.74) is 5.42. The highest BCUT2D eigenvalue weighted by molar-refractivity contribution is 7.99. The van der Waals surface area contributed by atoms with Crippen molar-refractivity contribution in [3.8, 4) is 0 Å². The van der Waals surface area contributed by atoms with Gasteiger partial charge in [0.2, 0.25) is 11.8 Å². The van der Waals surface area contributed by atoms with Crippen LogP contribution in [0.5, 0.6) is 0 Å². The van der Waals surface area contributed by atoms with Crippen LogP contribution in [0.4, 0.5) is 0 Å². The summed E-state index contributed by atoms with van der Waals surface area (Å²) in [6, 6.07) is -1.35. The molecule has 0 aliphatic rings. The molecular weight excluding hydrogens is 508 g/mol. The second kappa shape index (κ2) is 22.4. The largest absolute Gasteiger partial charge is 0.481 e. The molecule has 0 aliphatic carbocycles. The predicted molar refractivity (Wildman–Crippen MR) is 143 cm³/mol. The van der Waals surface area contributed by atoms with Gasteiger partial charge in [0.05, 0.1) is 12.0 Å². The van der Waals surface area contributed by atoms with Gasteiger partial charge >= 0.3 is 11.9 Å². The highest BCUT2D eigenvalue weighted by atomic mass is 32.2. The Labute approximate surface area is 222 Å². The molecule has 0 heterocycles. The van der Waals surface area contributed by atoms with Crippen molar-refractivity contribution in [3.05, 3.63) is 0 Å². The van der Waals surface area contributed by atoms with Crippen molar-refractivity contribution < 1.29 is 34.2 Å². The van der Waals surface area contributed by atoms with E-state index < -0.39 is 29.9 Å². The van der Waals surface area contributed by atoms with E-state index in [-0.39, 0.29) is 37.0 Å². The van der Waals surface area contributed by atoms with Crippen molar-refractivity contribution >= 4 is 54.4 Å². The van der Waals surface area contributed by atoms with E-state index in [1.54, 1.807) is 11.8 Å². The second-order valence-corrected chi connectivity index (χ2v) is 10.1. The molecule has 11 nitrogen and oxygen atoms in total. The zero-order valence-electron chi connectivity index (χ0n) is 20.8. The van der Waals surface area contributed by atoms with Gasteiger partial charge in [0, 0.05) is 44.0 Å². The summed E-state index contributed by atoms with van der Waals surface area (Å²) >= 11 is 5.72. The molecule has 0 rings (SSSR count). The Morgan fingerprint density at radius 1 is 0.861 bits per heavy atom. The molecule has 0 aliphatic heterocycles. The molecule has 0 aromatic carbocycles. The van der Waals surface area contributed by atoms with Crippen LogP contribution in [0.15, 0.2) is 0 Å². The third kappa shape index (κ3) is 19.4. The van der Waals surface area contributed by atoms with Crippen LogP contribution >= 0.6 is 24.4 Å². The number of nitrogens with two attached hydrogens (primary N) is 1. The topological polar surface area (TPSA) is 188 Å². The molecule has 0 saturated carbocycles. The molecule has 0 saturated heterocycles. The molecule has 0 bridgehead atoms. The van der Waals surface area contributed by atoms with E-state index in [4.69, 9.17) is 10.8 Å². The van der Waals surface area contributed by atoms with Crippen LogP contribution in [-0.4, -0.2) is 89.2 Å². The maximum absolute atomic E-state index is 12.0. The van der Waals surface area contributed by atoms with Gasteiger partial charge in [0.15, 0.2) is 0 Å². The van der Waals surface area contributed by atoms with Gasteiger partial charge in [-0.05, 0) is 44.3 Å². The normalized spacial score (nSPS) is 13.4. The molecule has 0 radical (unpaired) electrons. The fourth-order valence-electron chi connectivity index (χ4n) is 3.12. The maximum atomic E-state index is 12.0. The van der Waals surface area contributed by atoms with Crippen molar-refractivity contribution in [1.82, 2.24) is 16.0 Å². The Hall–Kier alpha value is -1.83. The quantitative estimate of drug-likeness (QED) is 0.0511. The van der Waals surface area contributed by atoms with Gasteiger partial charge in [-0.1, -0.05) is 6.42 Å². The molecule has 0 aromatic heterocycles. The van der Waals surface area contributed by atoms with E-state index in [9.17, 15) is 29.1 Å². The maximum Gasteiger partial charge on any atom is 0.320 e. The van der Waals surface area contributed by atoms with Crippen molar-refractivity contribution in [3.63, 3.8) is 0 Å². The van der Waals surface area contributed by atoms with Crippen LogP contribution in [0.3, 0.4) is 0 Å². The van der Waals surface area contributed by atoms with Crippen LogP contribution in [0.25, 0.3) is 0 Å². The Morgan fingerprint density at radius 3 is 2.19 bits per heavy atom. The summed E-state index contributed by atoms with van der Waals surface area (Å²) < 4.78 is 0. The molecule has 13 heteroatoms. The number of aldehydes is 1. The van der Waals surface area contributed by atoms with Crippen LogP contribution in [0, 0.1) is 5.92 Å². The zero-order valence-corrected chi connectivity index (χ0v) is 22.5. The van der Waals surface area contributed by atoms with Gasteiger partial charge in [-0.15, -0.1) is 0 Å². The first-order chi connectivity index (χ1) is 17.2. The number of amides is 2. The third-order valence-corrected chi connectivity index (χ3v) is 6.86. The van der Waals surface area contributed by atoms with Gasteiger partial charge in [0.1, 0.15) is 12.3 Å². The lowest BCUT2D eigenvalue weighted by Crippen LogP contribution is -2.38. The Kier molecular flexibility index (Phi) is 21.2. The van der Waals surface area contributed by atoms with E-state index in [1.165, 1.54) is 0 Å². The fraction of sp³-hybridized carbons (Fsp3) is 0.783. The minimum Gasteiger partial charge on any atom is -0.481 e. The lowest BCUT2D eigenvalue weighted by molar-refractivity contribution is -0.142. The standard InChI is InChI=1S/C23H42N4O7S2/c24-19(23(33)34)6-3-4-10-25-20(29)7-2-1-5-12-36-13-11-26-21(30)9-8-17(22(31)32)14-27-18(15-28)16-35/h15,17-19,27,35H,1-14,16,24H2,(H,25,29)(H,26,30)(H,31,32)(H,33,34)/t17?,18-,19?/m1/s1. The van der Waals surface area contributed by atoms with Crippen LogP contribution < -0.4 is 21.7 Å². The number of unbranched alkanes of at least 4 members (excludes halogenated alkanes) is 3. The minimum atomic E-state index is -1.01. The van der Waals surface area contributed by atoms with Crippen molar-refractivity contribution in [2.75, 3.05) is 36.9 Å². The van der Waals surface area contributed by atoms with E-state index in [0.29, 0.717) is 45.1 Å². The number of hydrogen-bond donors (Lipinski definition) is 7. The molecular formula is C23H42N4O7S2. The number of carbonyl (C=O) groups excluding carboxylic acids is 3. The van der Waals surface area contributed by atoms with Crippen molar-refractivity contribution in [1.29, 1.82) is 0 Å². The van der Waals surface area contributed by atoms with Crippen molar-refractivity contribution in [2.24, 2.45) is 11.7 Å². The number of aliphatic carboxylic acids is 2. The fourth-order valence-corrected chi connectivity index (χ4v) is 4.19. The van der Waals surface area contributed by atoms with E-state index >= 15 is 0 Å². The van der Waals surface area contributed by atoms with Gasteiger partial charge < -0.3 is 36.7 Å². The summed E-state index contributed by atoms with van der Waals surface area (Å²) in [4.78, 5) is 56.5. The molecule has 208 valence electrons. The smallest absolute Gasteiger partial charge is 0.320 e. The van der Waals surface area contributed by atoms with Crippen molar-refractivity contribution in [2.45, 2.75) is 69.9 Å². The molecule has 3 atom stereocenters. The molecule has 0 fully saturated rings. The number of hydrogen-bond acceptors (Lipinski definition) is 9. The van der Waals surface area contributed by atoms with Crippen LogP contribution in [0.1, 0.15) is 57.8 Å². The summed E-state index contributed by atoms with van der Waals surface area (Å²) in [6.07, 6.45) is 5.91. The third-order valence-electron chi connectivity index (χ3n) is 5.40. The molecule has 0 aromatic rings. The first kappa shape index (κ1) is 34.2. The summed E-state index contributed by atoms with van der Waals surface area (Å²) in [6.45, 7) is 1.14. The van der Waals surface area contributed by atoms with Crippen LogP contribution in [0.2, 0.25) is 0 Å².